The van der Waals surface area contributed by atoms with E-state index in [9.17, 15) is 14.3 Å². The van der Waals surface area contributed by atoms with Crippen LogP contribution in [0.15, 0.2) is 36.4 Å². The normalized spacial score (nSPS) is 13.7. The van der Waals surface area contributed by atoms with Crippen LogP contribution in [-0.4, -0.2) is 16.8 Å². The summed E-state index contributed by atoms with van der Waals surface area (Å²) in [6.07, 6.45) is 0.115. The van der Waals surface area contributed by atoms with Crippen molar-refractivity contribution in [3.05, 3.63) is 64.2 Å². The first-order valence-electron chi connectivity index (χ1n) is 7.32. The van der Waals surface area contributed by atoms with Crippen LogP contribution in [0.1, 0.15) is 39.5 Å². The average Bonchev–Trinajstić information content (AvgIpc) is 2.52. The van der Waals surface area contributed by atoms with E-state index in [1.807, 2.05) is 26.8 Å². The largest absolute Gasteiger partial charge is 0.341 e. The molecular weight excluding hydrogens is 295 g/mol. The van der Waals surface area contributed by atoms with Gasteiger partial charge in [0.15, 0.2) is 5.78 Å². The van der Waals surface area contributed by atoms with E-state index in [2.05, 4.69) is 0 Å². The van der Waals surface area contributed by atoms with Crippen molar-refractivity contribution in [1.82, 2.24) is 0 Å². The fraction of sp³-hybridized carbons (Fsp3) is 0.278. The van der Waals surface area contributed by atoms with Crippen LogP contribution in [0.4, 0.5) is 0 Å². The molecule has 1 atom stereocenters. The van der Waals surface area contributed by atoms with Crippen LogP contribution in [0.25, 0.3) is 0 Å². The van der Waals surface area contributed by atoms with Crippen molar-refractivity contribution in [2.75, 3.05) is 6.16 Å². The lowest BCUT2D eigenvalue weighted by molar-refractivity contribution is 0.103. The monoisotopic (exact) mass is 316 g/mol. The van der Waals surface area contributed by atoms with E-state index in [1.165, 1.54) is 0 Å². The lowest BCUT2D eigenvalue weighted by atomic mass is 9.93. The van der Waals surface area contributed by atoms with Gasteiger partial charge in [-0.25, -0.2) is 0 Å². The van der Waals surface area contributed by atoms with E-state index in [4.69, 9.17) is 0 Å². The molecule has 116 valence electrons. The first-order chi connectivity index (χ1) is 10.3. The SMILES string of the molecule is CCP(=O)(O)c1cc(C)c(C)c(C)c1C(=O)c1ccccc1. The highest BCUT2D eigenvalue weighted by atomic mass is 31.2. The highest BCUT2D eigenvalue weighted by Gasteiger charge is 2.28. The molecule has 0 heterocycles. The van der Waals surface area contributed by atoms with Gasteiger partial charge in [0.05, 0.1) is 0 Å². The Labute approximate surface area is 131 Å². The highest BCUT2D eigenvalue weighted by Crippen LogP contribution is 2.41. The molecule has 0 amide bonds. The molecule has 2 aromatic carbocycles. The standard InChI is InChI=1S/C18H21O3P/c1-5-22(20,21)16-11-12(2)13(3)14(4)17(16)18(19)15-9-7-6-8-10-15/h6-11H,5H2,1-4H3,(H,20,21). The van der Waals surface area contributed by atoms with Gasteiger partial charge in [-0.15, -0.1) is 0 Å². The van der Waals surface area contributed by atoms with Gasteiger partial charge in [0.1, 0.15) is 0 Å². The summed E-state index contributed by atoms with van der Waals surface area (Å²) in [6.45, 7) is 7.35. The second-order valence-corrected chi connectivity index (χ2v) is 8.07. The number of aryl methyl sites for hydroxylation is 1. The number of carbonyl (C=O) groups is 1. The van der Waals surface area contributed by atoms with Crippen molar-refractivity contribution in [3.8, 4) is 0 Å². The first-order valence-corrected chi connectivity index (χ1v) is 9.17. The van der Waals surface area contributed by atoms with Crippen LogP contribution >= 0.6 is 7.37 Å². The lowest BCUT2D eigenvalue weighted by Gasteiger charge is -2.19. The molecule has 0 aliphatic rings. The highest BCUT2D eigenvalue weighted by molar-refractivity contribution is 7.66. The van der Waals surface area contributed by atoms with E-state index in [0.717, 1.165) is 16.7 Å². The van der Waals surface area contributed by atoms with Gasteiger partial charge in [-0.2, -0.15) is 0 Å². The quantitative estimate of drug-likeness (QED) is 0.690. The van der Waals surface area contributed by atoms with E-state index in [1.54, 1.807) is 37.3 Å². The fourth-order valence-electron chi connectivity index (χ4n) is 2.53. The van der Waals surface area contributed by atoms with Crippen molar-refractivity contribution in [3.63, 3.8) is 0 Å². The Morgan fingerprint density at radius 2 is 1.68 bits per heavy atom. The smallest absolute Gasteiger partial charge is 0.230 e. The minimum absolute atomic E-state index is 0.115. The molecule has 0 spiro atoms. The molecule has 1 N–H and O–H groups in total. The Bertz CT molecular complexity index is 764. The Kier molecular flexibility index (Phi) is 4.69. The van der Waals surface area contributed by atoms with Crippen LogP contribution < -0.4 is 5.30 Å². The van der Waals surface area contributed by atoms with Crippen molar-refractivity contribution in [2.24, 2.45) is 0 Å². The van der Waals surface area contributed by atoms with Gasteiger partial charge in [-0.3, -0.25) is 9.36 Å². The van der Waals surface area contributed by atoms with Gasteiger partial charge in [0.25, 0.3) is 0 Å². The molecule has 2 aromatic rings. The van der Waals surface area contributed by atoms with Gasteiger partial charge in [-0.05, 0) is 43.5 Å². The lowest BCUT2D eigenvalue weighted by Crippen LogP contribution is -2.21. The van der Waals surface area contributed by atoms with Crippen molar-refractivity contribution < 1.29 is 14.3 Å². The molecule has 4 heteroatoms. The summed E-state index contributed by atoms with van der Waals surface area (Å²) in [5.74, 6) is -0.195. The number of benzene rings is 2. The maximum Gasteiger partial charge on any atom is 0.230 e. The maximum atomic E-state index is 12.9. The third-order valence-corrected chi connectivity index (χ3v) is 6.17. The van der Waals surface area contributed by atoms with Gasteiger partial charge in [0.2, 0.25) is 7.37 Å². The molecule has 2 rings (SSSR count). The summed E-state index contributed by atoms with van der Waals surface area (Å²) in [4.78, 5) is 23.2. The first kappa shape index (κ1) is 16.7. The molecule has 0 aliphatic heterocycles. The molecule has 3 nitrogen and oxygen atoms in total. The summed E-state index contributed by atoms with van der Waals surface area (Å²) < 4.78 is 12.6. The molecular formula is C18H21O3P. The fourth-order valence-corrected chi connectivity index (χ4v) is 3.88. The minimum Gasteiger partial charge on any atom is -0.341 e. The summed E-state index contributed by atoms with van der Waals surface area (Å²) in [5.41, 5.74) is 3.61. The van der Waals surface area contributed by atoms with E-state index in [-0.39, 0.29) is 17.2 Å². The average molecular weight is 316 g/mol. The number of ketones is 1. The molecule has 0 aromatic heterocycles. The third kappa shape index (κ3) is 2.92. The maximum absolute atomic E-state index is 12.9. The number of rotatable bonds is 4. The molecule has 0 bridgehead atoms. The Balaban J connectivity index is 2.77. The van der Waals surface area contributed by atoms with Crippen LogP contribution in [0.2, 0.25) is 0 Å². The topological polar surface area (TPSA) is 54.4 Å². The molecule has 0 fully saturated rings. The Hall–Kier alpha value is -1.70. The van der Waals surface area contributed by atoms with Crippen LogP contribution in [0.3, 0.4) is 0 Å². The summed E-state index contributed by atoms with van der Waals surface area (Å²) in [7, 11) is -3.53. The van der Waals surface area contributed by atoms with Gasteiger partial charge in [0, 0.05) is 22.6 Å². The third-order valence-electron chi connectivity index (χ3n) is 4.21. The van der Waals surface area contributed by atoms with Crippen molar-refractivity contribution >= 4 is 18.5 Å². The predicted molar refractivity (Wildman–Crippen MR) is 90.5 cm³/mol. The predicted octanol–water partition coefficient (Wildman–Crippen LogP) is 3.76. The van der Waals surface area contributed by atoms with E-state index >= 15 is 0 Å². The Morgan fingerprint density at radius 3 is 2.23 bits per heavy atom. The van der Waals surface area contributed by atoms with Crippen molar-refractivity contribution in [2.45, 2.75) is 27.7 Å². The van der Waals surface area contributed by atoms with E-state index in [0.29, 0.717) is 11.1 Å². The van der Waals surface area contributed by atoms with Crippen LogP contribution in [0.5, 0.6) is 0 Å². The van der Waals surface area contributed by atoms with Gasteiger partial charge in [-0.1, -0.05) is 37.3 Å². The zero-order valence-electron chi connectivity index (χ0n) is 13.4. The van der Waals surface area contributed by atoms with Gasteiger partial charge < -0.3 is 4.89 Å². The summed E-state index contributed by atoms with van der Waals surface area (Å²) in [5, 5.41) is 0.282. The Morgan fingerprint density at radius 1 is 1.09 bits per heavy atom. The number of hydrogen-bond acceptors (Lipinski definition) is 2. The number of hydrogen-bond donors (Lipinski definition) is 1. The molecule has 0 saturated heterocycles. The second-order valence-electron chi connectivity index (χ2n) is 5.55. The summed E-state index contributed by atoms with van der Waals surface area (Å²) >= 11 is 0. The second kappa shape index (κ2) is 6.20. The zero-order valence-corrected chi connectivity index (χ0v) is 14.3. The van der Waals surface area contributed by atoms with Gasteiger partial charge >= 0.3 is 0 Å². The summed E-state index contributed by atoms with van der Waals surface area (Å²) in [6, 6.07) is 10.6. The molecule has 1 unspecified atom stereocenters. The number of carbonyl (C=O) groups excluding carboxylic acids is 1. The molecule has 0 radical (unpaired) electrons. The zero-order chi connectivity index (χ0) is 16.5. The van der Waals surface area contributed by atoms with Crippen LogP contribution in [0, 0.1) is 20.8 Å². The van der Waals surface area contributed by atoms with Crippen LogP contribution in [-0.2, 0) is 4.57 Å². The molecule has 0 saturated carbocycles. The van der Waals surface area contributed by atoms with Crippen molar-refractivity contribution in [1.29, 1.82) is 0 Å². The molecule has 0 aliphatic carbocycles. The molecule has 22 heavy (non-hydrogen) atoms. The minimum atomic E-state index is -3.53. The van der Waals surface area contributed by atoms with E-state index < -0.39 is 7.37 Å².